The maximum absolute atomic E-state index is 5.90. The van der Waals surface area contributed by atoms with Gasteiger partial charge in [-0.1, -0.05) is 53.7 Å². The second-order valence-electron chi connectivity index (χ2n) is 4.64. The van der Waals surface area contributed by atoms with Gasteiger partial charge in [0.05, 0.1) is 6.61 Å². The number of H-pyrrole nitrogens is 1. The number of aromatic amines is 1. The van der Waals surface area contributed by atoms with Crippen molar-refractivity contribution in [3.63, 3.8) is 0 Å². The standard InChI is InChI=1S/C16H16N4O/c1-2-7-13(8-3-1)14-9-4-5-10-15(14)21-12-6-11-16-17-19-20-18-16/h1-5,7-10H,6,11-12H2,(H,17,18,19,20). The number of ether oxygens (including phenoxy) is 1. The van der Waals surface area contributed by atoms with Crippen LogP contribution in [0.3, 0.4) is 0 Å². The summed E-state index contributed by atoms with van der Waals surface area (Å²) in [6, 6.07) is 18.3. The number of rotatable bonds is 6. The smallest absolute Gasteiger partial charge is 0.174 e. The van der Waals surface area contributed by atoms with E-state index in [4.69, 9.17) is 4.74 Å². The Bertz CT molecular complexity index is 668. The Labute approximate surface area is 123 Å². The summed E-state index contributed by atoms with van der Waals surface area (Å²) >= 11 is 0. The molecule has 0 radical (unpaired) electrons. The molecule has 3 rings (SSSR count). The largest absolute Gasteiger partial charge is 0.493 e. The Morgan fingerprint density at radius 1 is 0.952 bits per heavy atom. The first-order chi connectivity index (χ1) is 10.4. The molecule has 0 spiro atoms. The second-order valence-corrected chi connectivity index (χ2v) is 4.64. The Kier molecular flexibility index (Phi) is 4.21. The first-order valence-electron chi connectivity index (χ1n) is 6.93. The monoisotopic (exact) mass is 280 g/mol. The van der Waals surface area contributed by atoms with Crippen molar-refractivity contribution in [1.29, 1.82) is 0 Å². The van der Waals surface area contributed by atoms with Crippen molar-refractivity contribution in [1.82, 2.24) is 20.6 Å². The van der Waals surface area contributed by atoms with Gasteiger partial charge in [-0.3, -0.25) is 0 Å². The van der Waals surface area contributed by atoms with Crippen LogP contribution in [0.5, 0.6) is 5.75 Å². The van der Waals surface area contributed by atoms with E-state index in [0.717, 1.165) is 35.5 Å². The minimum atomic E-state index is 0.623. The van der Waals surface area contributed by atoms with Crippen LogP contribution in [0.25, 0.3) is 11.1 Å². The molecule has 106 valence electrons. The molecule has 0 aliphatic carbocycles. The lowest BCUT2D eigenvalue weighted by atomic mass is 10.1. The van der Waals surface area contributed by atoms with Crippen LogP contribution in [-0.4, -0.2) is 27.2 Å². The van der Waals surface area contributed by atoms with Crippen molar-refractivity contribution in [3.8, 4) is 16.9 Å². The topological polar surface area (TPSA) is 63.7 Å². The van der Waals surface area contributed by atoms with Gasteiger partial charge in [0, 0.05) is 12.0 Å². The Morgan fingerprint density at radius 2 is 1.76 bits per heavy atom. The van der Waals surface area contributed by atoms with Gasteiger partial charge in [0.25, 0.3) is 0 Å². The Hall–Kier alpha value is -2.69. The molecule has 5 nitrogen and oxygen atoms in total. The van der Waals surface area contributed by atoms with Crippen LogP contribution in [0.1, 0.15) is 12.2 Å². The van der Waals surface area contributed by atoms with E-state index in [9.17, 15) is 0 Å². The van der Waals surface area contributed by atoms with Gasteiger partial charge in [-0.15, -0.1) is 10.2 Å². The molecule has 2 aromatic carbocycles. The Balaban J connectivity index is 1.63. The van der Waals surface area contributed by atoms with Crippen LogP contribution in [-0.2, 0) is 6.42 Å². The van der Waals surface area contributed by atoms with Crippen molar-refractivity contribution in [2.45, 2.75) is 12.8 Å². The molecular weight excluding hydrogens is 264 g/mol. The van der Waals surface area contributed by atoms with Gasteiger partial charge in [0.2, 0.25) is 0 Å². The molecule has 0 saturated heterocycles. The van der Waals surface area contributed by atoms with Crippen LogP contribution in [0.4, 0.5) is 0 Å². The summed E-state index contributed by atoms with van der Waals surface area (Å²) in [5.41, 5.74) is 2.27. The summed E-state index contributed by atoms with van der Waals surface area (Å²) < 4.78 is 5.90. The third-order valence-electron chi connectivity index (χ3n) is 3.16. The third-order valence-corrected chi connectivity index (χ3v) is 3.16. The van der Waals surface area contributed by atoms with E-state index in [1.807, 2.05) is 36.4 Å². The number of hydrogen-bond acceptors (Lipinski definition) is 4. The molecule has 0 aliphatic rings. The molecule has 0 fully saturated rings. The fourth-order valence-corrected chi connectivity index (χ4v) is 2.15. The summed E-state index contributed by atoms with van der Waals surface area (Å²) in [7, 11) is 0. The van der Waals surface area contributed by atoms with Gasteiger partial charge in [-0.05, 0) is 18.1 Å². The molecule has 5 heteroatoms. The second kappa shape index (κ2) is 6.65. The predicted molar refractivity (Wildman–Crippen MR) is 79.9 cm³/mol. The summed E-state index contributed by atoms with van der Waals surface area (Å²) in [4.78, 5) is 0. The van der Waals surface area contributed by atoms with E-state index >= 15 is 0 Å². The van der Waals surface area contributed by atoms with Crippen molar-refractivity contribution in [2.24, 2.45) is 0 Å². The average molecular weight is 280 g/mol. The van der Waals surface area contributed by atoms with Gasteiger partial charge in [0.1, 0.15) is 5.75 Å². The molecule has 0 bridgehead atoms. The van der Waals surface area contributed by atoms with Gasteiger partial charge in [0.15, 0.2) is 5.82 Å². The first kappa shape index (κ1) is 13.3. The number of benzene rings is 2. The molecule has 1 heterocycles. The van der Waals surface area contributed by atoms with Crippen molar-refractivity contribution in [3.05, 3.63) is 60.4 Å². The number of nitrogens with zero attached hydrogens (tertiary/aromatic N) is 3. The molecule has 0 atom stereocenters. The number of para-hydroxylation sites is 1. The van der Waals surface area contributed by atoms with Gasteiger partial charge < -0.3 is 4.74 Å². The zero-order valence-electron chi connectivity index (χ0n) is 11.6. The van der Waals surface area contributed by atoms with E-state index in [1.54, 1.807) is 0 Å². The minimum Gasteiger partial charge on any atom is -0.493 e. The van der Waals surface area contributed by atoms with Crippen molar-refractivity contribution >= 4 is 0 Å². The summed E-state index contributed by atoms with van der Waals surface area (Å²) in [6.07, 6.45) is 1.60. The predicted octanol–water partition coefficient (Wildman–Crippen LogP) is 2.88. The van der Waals surface area contributed by atoms with E-state index in [-0.39, 0.29) is 0 Å². The molecule has 1 aromatic heterocycles. The normalized spacial score (nSPS) is 10.5. The number of tetrazole rings is 1. The van der Waals surface area contributed by atoms with Gasteiger partial charge in [-0.2, -0.15) is 5.21 Å². The van der Waals surface area contributed by atoms with Crippen LogP contribution >= 0.6 is 0 Å². The number of aromatic nitrogens is 4. The fraction of sp³-hybridized carbons (Fsp3) is 0.188. The first-order valence-corrected chi connectivity index (χ1v) is 6.93. The molecule has 0 unspecified atom stereocenters. The van der Waals surface area contributed by atoms with Crippen LogP contribution in [0.2, 0.25) is 0 Å². The van der Waals surface area contributed by atoms with E-state index in [1.165, 1.54) is 0 Å². The lowest BCUT2D eigenvalue weighted by Crippen LogP contribution is -2.01. The highest BCUT2D eigenvalue weighted by atomic mass is 16.5. The van der Waals surface area contributed by atoms with Crippen LogP contribution in [0, 0.1) is 0 Å². The molecule has 0 aliphatic heterocycles. The maximum atomic E-state index is 5.90. The Morgan fingerprint density at radius 3 is 2.57 bits per heavy atom. The van der Waals surface area contributed by atoms with Crippen LogP contribution in [0.15, 0.2) is 54.6 Å². The molecular formula is C16H16N4O. The van der Waals surface area contributed by atoms with Crippen LogP contribution < -0.4 is 4.74 Å². The average Bonchev–Trinajstić information content (AvgIpc) is 3.06. The molecule has 3 aromatic rings. The zero-order valence-corrected chi connectivity index (χ0v) is 11.6. The van der Waals surface area contributed by atoms with Gasteiger partial charge in [-0.25, -0.2) is 0 Å². The molecule has 21 heavy (non-hydrogen) atoms. The van der Waals surface area contributed by atoms with E-state index in [2.05, 4.69) is 38.8 Å². The highest BCUT2D eigenvalue weighted by molar-refractivity contribution is 5.70. The summed E-state index contributed by atoms with van der Waals surface area (Å²) in [5.74, 6) is 1.62. The summed E-state index contributed by atoms with van der Waals surface area (Å²) in [6.45, 7) is 0.623. The lowest BCUT2D eigenvalue weighted by molar-refractivity contribution is 0.311. The minimum absolute atomic E-state index is 0.623. The highest BCUT2D eigenvalue weighted by Crippen LogP contribution is 2.29. The van der Waals surface area contributed by atoms with E-state index in [0.29, 0.717) is 6.61 Å². The number of nitrogens with one attached hydrogen (secondary N) is 1. The summed E-state index contributed by atoms with van der Waals surface area (Å²) in [5, 5.41) is 13.8. The third kappa shape index (κ3) is 3.45. The van der Waals surface area contributed by atoms with Gasteiger partial charge >= 0.3 is 0 Å². The maximum Gasteiger partial charge on any atom is 0.174 e. The number of aryl methyl sites for hydroxylation is 1. The SMILES string of the molecule is c1ccc(-c2ccccc2OCCCc2nn[nH]n2)cc1. The molecule has 1 N–H and O–H groups in total. The quantitative estimate of drug-likeness (QED) is 0.705. The van der Waals surface area contributed by atoms with E-state index < -0.39 is 0 Å². The molecule has 0 saturated carbocycles. The highest BCUT2D eigenvalue weighted by Gasteiger charge is 2.05. The number of hydrogen-bond donors (Lipinski definition) is 1. The molecule has 0 amide bonds. The van der Waals surface area contributed by atoms with Crippen molar-refractivity contribution in [2.75, 3.05) is 6.61 Å². The lowest BCUT2D eigenvalue weighted by Gasteiger charge is -2.11. The fourth-order valence-electron chi connectivity index (χ4n) is 2.15. The zero-order chi connectivity index (χ0) is 14.3. The van der Waals surface area contributed by atoms with Crippen molar-refractivity contribution < 1.29 is 4.74 Å².